The average molecular weight is 397 g/mol. The second kappa shape index (κ2) is 8.86. The first-order chi connectivity index (χ1) is 13.9. The van der Waals surface area contributed by atoms with Gasteiger partial charge < -0.3 is 15.5 Å². The van der Waals surface area contributed by atoms with E-state index in [0.29, 0.717) is 18.1 Å². The maximum Gasteiger partial charge on any atom is 0.191 e. The summed E-state index contributed by atoms with van der Waals surface area (Å²) < 4.78 is 26.7. The maximum absolute atomic E-state index is 13.5. The molecule has 0 bridgehead atoms. The fraction of sp³-hybridized carbons (Fsp3) is 0.273. The van der Waals surface area contributed by atoms with Gasteiger partial charge in [0.1, 0.15) is 5.82 Å². The minimum Gasteiger partial charge on any atom is -0.363 e. The van der Waals surface area contributed by atoms with Crippen molar-refractivity contribution in [1.29, 1.82) is 0 Å². The Bertz CT molecular complexity index is 1030. The zero-order valence-corrected chi connectivity index (χ0v) is 17.0. The van der Waals surface area contributed by atoms with Crippen molar-refractivity contribution in [3.05, 3.63) is 71.3 Å². The molecule has 5 nitrogen and oxygen atoms in total. The largest absolute Gasteiger partial charge is 0.363 e. The van der Waals surface area contributed by atoms with Crippen molar-refractivity contribution in [3.63, 3.8) is 0 Å². The van der Waals surface area contributed by atoms with Gasteiger partial charge in [-0.15, -0.1) is 0 Å². The number of nitrogens with zero attached hydrogens (tertiary/aromatic N) is 3. The number of halogens is 2. The Labute approximate surface area is 169 Å². The molecule has 0 saturated heterocycles. The molecule has 1 heterocycles. The highest BCUT2D eigenvalue weighted by atomic mass is 19.2. The highest BCUT2D eigenvalue weighted by Crippen LogP contribution is 2.22. The van der Waals surface area contributed by atoms with Gasteiger partial charge in [-0.25, -0.2) is 13.8 Å². The maximum atomic E-state index is 13.5. The SMILES string of the molecule is CN=C(NCc1cc(N(C)C)nc2ccccc12)NC(C)c1ccc(F)c(F)c1. The summed E-state index contributed by atoms with van der Waals surface area (Å²) in [6.07, 6.45) is 0. The molecule has 3 rings (SSSR count). The topological polar surface area (TPSA) is 52.6 Å². The third-order valence-electron chi connectivity index (χ3n) is 4.71. The first-order valence-electron chi connectivity index (χ1n) is 9.37. The van der Waals surface area contributed by atoms with E-state index in [1.54, 1.807) is 13.1 Å². The molecule has 0 amide bonds. The van der Waals surface area contributed by atoms with Gasteiger partial charge in [0.2, 0.25) is 0 Å². The number of fused-ring (bicyclic) bond motifs is 1. The summed E-state index contributed by atoms with van der Waals surface area (Å²) in [5.41, 5.74) is 2.65. The van der Waals surface area contributed by atoms with Crippen LogP contribution in [0.1, 0.15) is 24.1 Å². The van der Waals surface area contributed by atoms with E-state index in [4.69, 9.17) is 0 Å². The lowest BCUT2D eigenvalue weighted by molar-refractivity contribution is 0.504. The third kappa shape index (κ3) is 4.80. The van der Waals surface area contributed by atoms with Crippen LogP contribution in [0.15, 0.2) is 53.5 Å². The van der Waals surface area contributed by atoms with Crippen LogP contribution in [-0.2, 0) is 6.54 Å². The van der Waals surface area contributed by atoms with Crippen LogP contribution in [-0.4, -0.2) is 32.1 Å². The smallest absolute Gasteiger partial charge is 0.191 e. The van der Waals surface area contributed by atoms with Crippen molar-refractivity contribution in [2.75, 3.05) is 26.0 Å². The molecule has 1 atom stereocenters. The van der Waals surface area contributed by atoms with Crippen LogP contribution in [0.25, 0.3) is 10.9 Å². The molecule has 1 unspecified atom stereocenters. The molecule has 0 aliphatic rings. The second-order valence-electron chi connectivity index (χ2n) is 7.02. The second-order valence-corrected chi connectivity index (χ2v) is 7.02. The lowest BCUT2D eigenvalue weighted by Crippen LogP contribution is -2.38. The van der Waals surface area contributed by atoms with Gasteiger partial charge in [-0.3, -0.25) is 4.99 Å². The van der Waals surface area contributed by atoms with Crippen molar-refractivity contribution < 1.29 is 8.78 Å². The number of aromatic nitrogens is 1. The van der Waals surface area contributed by atoms with Crippen LogP contribution in [0.3, 0.4) is 0 Å². The number of hydrogen-bond donors (Lipinski definition) is 2. The predicted molar refractivity (Wildman–Crippen MR) is 114 cm³/mol. The number of nitrogens with one attached hydrogen (secondary N) is 2. The number of anilines is 1. The normalized spacial score (nSPS) is 12.7. The molecular weight excluding hydrogens is 372 g/mol. The van der Waals surface area contributed by atoms with Gasteiger partial charge in [0.05, 0.1) is 11.6 Å². The summed E-state index contributed by atoms with van der Waals surface area (Å²) in [5, 5.41) is 7.57. The van der Waals surface area contributed by atoms with E-state index in [2.05, 4.69) is 20.6 Å². The zero-order chi connectivity index (χ0) is 21.0. The van der Waals surface area contributed by atoms with Crippen molar-refractivity contribution in [3.8, 4) is 0 Å². The Morgan fingerprint density at radius 2 is 1.86 bits per heavy atom. The fourth-order valence-corrected chi connectivity index (χ4v) is 3.05. The van der Waals surface area contributed by atoms with E-state index in [1.807, 2.05) is 56.3 Å². The summed E-state index contributed by atoms with van der Waals surface area (Å²) in [6, 6.07) is 13.7. The van der Waals surface area contributed by atoms with E-state index in [9.17, 15) is 8.78 Å². The van der Waals surface area contributed by atoms with Gasteiger partial charge in [0, 0.05) is 33.1 Å². The monoisotopic (exact) mass is 397 g/mol. The Balaban J connectivity index is 1.76. The summed E-state index contributed by atoms with van der Waals surface area (Å²) >= 11 is 0. The first kappa shape index (κ1) is 20.5. The van der Waals surface area contributed by atoms with Gasteiger partial charge in [-0.05, 0) is 42.3 Å². The molecule has 0 fully saturated rings. The van der Waals surface area contributed by atoms with Crippen molar-refractivity contribution in [1.82, 2.24) is 15.6 Å². The molecule has 0 radical (unpaired) electrons. The number of aliphatic imine (C=N–C) groups is 1. The quantitative estimate of drug-likeness (QED) is 0.505. The molecule has 3 aromatic rings. The predicted octanol–water partition coefficient (Wildman–Crippen LogP) is 4.01. The molecule has 2 N–H and O–H groups in total. The van der Waals surface area contributed by atoms with Crippen LogP contribution in [0.5, 0.6) is 0 Å². The van der Waals surface area contributed by atoms with Gasteiger partial charge in [-0.2, -0.15) is 0 Å². The van der Waals surface area contributed by atoms with Crippen molar-refractivity contribution in [2.45, 2.75) is 19.5 Å². The van der Waals surface area contributed by atoms with E-state index in [-0.39, 0.29) is 6.04 Å². The average Bonchev–Trinajstić information content (AvgIpc) is 2.72. The lowest BCUT2D eigenvalue weighted by Gasteiger charge is -2.20. The molecule has 0 saturated carbocycles. The molecule has 2 aromatic carbocycles. The molecular formula is C22H25F2N5. The first-order valence-corrected chi connectivity index (χ1v) is 9.37. The number of guanidine groups is 1. The lowest BCUT2D eigenvalue weighted by atomic mass is 10.1. The van der Waals surface area contributed by atoms with E-state index in [0.717, 1.165) is 28.4 Å². The molecule has 0 spiro atoms. The number of para-hydroxylation sites is 1. The highest BCUT2D eigenvalue weighted by molar-refractivity contribution is 5.85. The summed E-state index contributed by atoms with van der Waals surface area (Å²) in [6.45, 7) is 2.40. The zero-order valence-electron chi connectivity index (χ0n) is 17.0. The summed E-state index contributed by atoms with van der Waals surface area (Å²) in [7, 11) is 5.58. The van der Waals surface area contributed by atoms with Crippen molar-refractivity contribution >= 4 is 22.7 Å². The number of benzene rings is 2. The van der Waals surface area contributed by atoms with E-state index in [1.165, 1.54) is 6.07 Å². The summed E-state index contributed by atoms with van der Waals surface area (Å²) in [5.74, 6) is -0.281. The number of rotatable bonds is 5. The molecule has 0 aliphatic carbocycles. The highest BCUT2D eigenvalue weighted by Gasteiger charge is 2.12. The molecule has 1 aromatic heterocycles. The molecule has 152 valence electrons. The minimum absolute atomic E-state index is 0.247. The van der Waals surface area contributed by atoms with Gasteiger partial charge >= 0.3 is 0 Å². The fourth-order valence-electron chi connectivity index (χ4n) is 3.05. The van der Waals surface area contributed by atoms with Gasteiger partial charge in [-0.1, -0.05) is 24.3 Å². The van der Waals surface area contributed by atoms with Gasteiger partial charge in [0.15, 0.2) is 17.6 Å². The third-order valence-corrected chi connectivity index (χ3v) is 4.71. The van der Waals surface area contributed by atoms with E-state index >= 15 is 0 Å². The Morgan fingerprint density at radius 3 is 2.55 bits per heavy atom. The Morgan fingerprint density at radius 1 is 1.10 bits per heavy atom. The molecule has 0 aliphatic heterocycles. The van der Waals surface area contributed by atoms with Crippen LogP contribution in [0.2, 0.25) is 0 Å². The Hall–Kier alpha value is -3.22. The van der Waals surface area contributed by atoms with E-state index < -0.39 is 11.6 Å². The van der Waals surface area contributed by atoms with Crippen LogP contribution in [0, 0.1) is 11.6 Å². The molecule has 7 heteroatoms. The van der Waals surface area contributed by atoms with Gasteiger partial charge in [0.25, 0.3) is 0 Å². The van der Waals surface area contributed by atoms with Crippen LogP contribution < -0.4 is 15.5 Å². The minimum atomic E-state index is -0.862. The van der Waals surface area contributed by atoms with Crippen LogP contribution >= 0.6 is 0 Å². The standard InChI is InChI=1S/C22H25F2N5/c1-14(15-9-10-18(23)19(24)11-15)27-22(25-2)26-13-16-12-21(29(3)4)28-20-8-6-5-7-17(16)20/h5-12,14H,13H2,1-4H3,(H2,25,26,27). The van der Waals surface area contributed by atoms with Crippen molar-refractivity contribution in [2.24, 2.45) is 4.99 Å². The number of pyridine rings is 1. The van der Waals surface area contributed by atoms with Crippen LogP contribution in [0.4, 0.5) is 14.6 Å². The molecule has 29 heavy (non-hydrogen) atoms. The summed E-state index contributed by atoms with van der Waals surface area (Å²) in [4.78, 5) is 10.9. The Kier molecular flexibility index (Phi) is 6.26. The number of hydrogen-bond acceptors (Lipinski definition) is 3.